The van der Waals surface area contributed by atoms with Crippen molar-refractivity contribution in [2.75, 3.05) is 17.2 Å². The van der Waals surface area contributed by atoms with Gasteiger partial charge in [-0.25, -0.2) is 0 Å². The first kappa shape index (κ1) is 15.1. The molecule has 0 atom stereocenters. The number of anilines is 2. The summed E-state index contributed by atoms with van der Waals surface area (Å²) >= 11 is 0. The van der Waals surface area contributed by atoms with E-state index in [4.69, 9.17) is 0 Å². The summed E-state index contributed by atoms with van der Waals surface area (Å²) in [5, 5.41) is 10.3. The predicted octanol–water partition coefficient (Wildman–Crippen LogP) is 3.46. The molecule has 0 aliphatic carbocycles. The lowest BCUT2D eigenvalue weighted by Gasteiger charge is -2.11. The summed E-state index contributed by atoms with van der Waals surface area (Å²) in [6, 6.07) is 6.03. The van der Waals surface area contributed by atoms with Crippen LogP contribution in [0.2, 0.25) is 0 Å². The number of hydrogen-bond acceptors (Lipinski definition) is 3. The van der Waals surface area contributed by atoms with Crippen molar-refractivity contribution in [3.05, 3.63) is 41.7 Å². The number of aromatic nitrogens is 2. The Bertz CT molecular complexity index is 631. The van der Waals surface area contributed by atoms with Gasteiger partial charge >= 0.3 is 0 Å². The molecule has 0 fully saturated rings. The van der Waals surface area contributed by atoms with Crippen molar-refractivity contribution in [2.24, 2.45) is 0 Å². The zero-order valence-electron chi connectivity index (χ0n) is 13.0. The van der Waals surface area contributed by atoms with Gasteiger partial charge in [-0.3, -0.25) is 9.48 Å². The summed E-state index contributed by atoms with van der Waals surface area (Å²) in [4.78, 5) is 12.4. The minimum absolute atomic E-state index is 0.130. The lowest BCUT2D eigenvalue weighted by atomic mass is 10.1. The van der Waals surface area contributed by atoms with E-state index >= 15 is 0 Å². The second-order valence-corrected chi connectivity index (χ2v) is 5.34. The van der Waals surface area contributed by atoms with Crippen molar-refractivity contribution in [2.45, 2.75) is 33.7 Å². The van der Waals surface area contributed by atoms with Gasteiger partial charge in [0.15, 0.2) is 0 Å². The van der Waals surface area contributed by atoms with Gasteiger partial charge in [0.05, 0.1) is 17.4 Å². The minimum atomic E-state index is -0.130. The van der Waals surface area contributed by atoms with Gasteiger partial charge < -0.3 is 10.6 Å². The van der Waals surface area contributed by atoms with E-state index in [1.165, 1.54) is 0 Å². The Kier molecular flexibility index (Phi) is 4.62. The van der Waals surface area contributed by atoms with Crippen LogP contribution in [0.1, 0.15) is 42.7 Å². The summed E-state index contributed by atoms with van der Waals surface area (Å²) in [5.74, 6) is -0.130. The molecule has 1 amide bonds. The molecule has 1 aromatic carbocycles. The third kappa shape index (κ3) is 3.62. The fourth-order valence-electron chi connectivity index (χ4n) is 2.08. The second kappa shape index (κ2) is 6.43. The van der Waals surface area contributed by atoms with E-state index in [9.17, 15) is 4.79 Å². The number of benzene rings is 1. The molecule has 2 rings (SSSR count). The van der Waals surface area contributed by atoms with Crippen LogP contribution in [-0.4, -0.2) is 22.2 Å². The van der Waals surface area contributed by atoms with Crippen LogP contribution in [0.3, 0.4) is 0 Å². The van der Waals surface area contributed by atoms with Gasteiger partial charge in [0, 0.05) is 24.5 Å². The molecule has 2 N–H and O–H groups in total. The summed E-state index contributed by atoms with van der Waals surface area (Å²) in [6.45, 7) is 8.88. The van der Waals surface area contributed by atoms with Crippen LogP contribution < -0.4 is 10.6 Å². The molecule has 0 bridgehead atoms. The van der Waals surface area contributed by atoms with Crippen LogP contribution in [0.5, 0.6) is 0 Å². The zero-order valence-corrected chi connectivity index (χ0v) is 13.0. The highest BCUT2D eigenvalue weighted by atomic mass is 16.1. The molecule has 0 radical (unpaired) electrons. The van der Waals surface area contributed by atoms with E-state index in [1.807, 2.05) is 56.8 Å². The summed E-state index contributed by atoms with van der Waals surface area (Å²) in [6.07, 6.45) is 3.50. The molecular weight excluding hydrogens is 264 g/mol. The zero-order chi connectivity index (χ0) is 15.4. The van der Waals surface area contributed by atoms with E-state index in [2.05, 4.69) is 15.7 Å². The summed E-state index contributed by atoms with van der Waals surface area (Å²) in [5.41, 5.74) is 3.32. The number of amides is 1. The van der Waals surface area contributed by atoms with Crippen molar-refractivity contribution in [1.82, 2.24) is 9.78 Å². The van der Waals surface area contributed by atoms with E-state index in [-0.39, 0.29) is 11.9 Å². The highest BCUT2D eigenvalue weighted by Gasteiger charge is 2.12. The lowest BCUT2D eigenvalue weighted by molar-refractivity contribution is 0.102. The van der Waals surface area contributed by atoms with E-state index < -0.39 is 0 Å². The van der Waals surface area contributed by atoms with Crippen molar-refractivity contribution < 1.29 is 4.79 Å². The number of carbonyl (C=O) groups is 1. The first-order valence-corrected chi connectivity index (χ1v) is 7.21. The van der Waals surface area contributed by atoms with Gasteiger partial charge in [0.2, 0.25) is 0 Å². The molecule has 0 spiro atoms. The molecular formula is C16H22N4O. The van der Waals surface area contributed by atoms with Gasteiger partial charge in [-0.2, -0.15) is 5.10 Å². The molecule has 5 nitrogen and oxygen atoms in total. The Morgan fingerprint density at radius 2 is 2.14 bits per heavy atom. The van der Waals surface area contributed by atoms with Crippen molar-refractivity contribution in [3.8, 4) is 0 Å². The number of aryl methyl sites for hydroxylation is 1. The Labute approximate surface area is 125 Å². The highest BCUT2D eigenvalue weighted by Crippen LogP contribution is 2.19. The molecule has 0 saturated heterocycles. The number of hydrogen-bond donors (Lipinski definition) is 2. The molecule has 1 heterocycles. The van der Waals surface area contributed by atoms with E-state index in [1.54, 1.807) is 6.20 Å². The first-order valence-electron chi connectivity index (χ1n) is 7.21. The Morgan fingerprint density at radius 1 is 1.38 bits per heavy atom. The topological polar surface area (TPSA) is 59.0 Å². The van der Waals surface area contributed by atoms with Crippen molar-refractivity contribution in [3.63, 3.8) is 0 Å². The number of nitrogens with zero attached hydrogens (tertiary/aromatic N) is 2. The van der Waals surface area contributed by atoms with Gasteiger partial charge in [-0.1, -0.05) is 6.07 Å². The molecule has 0 aliphatic heterocycles. The maximum atomic E-state index is 12.4. The van der Waals surface area contributed by atoms with Gasteiger partial charge in [0.25, 0.3) is 5.91 Å². The molecule has 21 heavy (non-hydrogen) atoms. The summed E-state index contributed by atoms with van der Waals surface area (Å²) < 4.78 is 1.82. The third-order valence-corrected chi connectivity index (χ3v) is 3.18. The summed E-state index contributed by atoms with van der Waals surface area (Å²) in [7, 11) is 0. The van der Waals surface area contributed by atoms with Crippen LogP contribution in [0.25, 0.3) is 0 Å². The number of nitrogens with one attached hydrogen (secondary N) is 2. The Morgan fingerprint density at radius 3 is 2.76 bits per heavy atom. The third-order valence-electron chi connectivity index (χ3n) is 3.18. The SMILES string of the molecule is CCNc1cc(C)ccc1C(=O)Nc1cnn(C(C)C)c1. The molecule has 1 aromatic heterocycles. The molecule has 0 unspecified atom stereocenters. The number of rotatable bonds is 5. The van der Waals surface area contributed by atoms with Gasteiger partial charge in [0.1, 0.15) is 0 Å². The van der Waals surface area contributed by atoms with Gasteiger partial charge in [-0.15, -0.1) is 0 Å². The van der Waals surface area contributed by atoms with E-state index in [0.29, 0.717) is 11.3 Å². The maximum Gasteiger partial charge on any atom is 0.257 e. The highest BCUT2D eigenvalue weighted by molar-refractivity contribution is 6.08. The van der Waals surface area contributed by atoms with Crippen LogP contribution >= 0.6 is 0 Å². The second-order valence-electron chi connectivity index (χ2n) is 5.34. The largest absolute Gasteiger partial charge is 0.385 e. The standard InChI is InChI=1S/C16H22N4O/c1-5-17-15-8-12(4)6-7-14(15)16(21)19-13-9-18-20(10-13)11(2)3/h6-11,17H,5H2,1-4H3,(H,19,21). The normalized spacial score (nSPS) is 10.7. The fourth-order valence-corrected chi connectivity index (χ4v) is 2.08. The lowest BCUT2D eigenvalue weighted by Crippen LogP contribution is -2.14. The molecule has 5 heteroatoms. The van der Waals surface area contributed by atoms with Crippen LogP contribution in [0.15, 0.2) is 30.6 Å². The quantitative estimate of drug-likeness (QED) is 0.885. The van der Waals surface area contributed by atoms with E-state index in [0.717, 1.165) is 17.8 Å². The van der Waals surface area contributed by atoms with Crippen molar-refractivity contribution >= 4 is 17.3 Å². The fraction of sp³-hybridized carbons (Fsp3) is 0.375. The monoisotopic (exact) mass is 286 g/mol. The van der Waals surface area contributed by atoms with Crippen LogP contribution in [0.4, 0.5) is 11.4 Å². The molecule has 0 saturated carbocycles. The number of carbonyl (C=O) groups excluding carboxylic acids is 1. The Balaban J connectivity index is 2.19. The average Bonchev–Trinajstić information content (AvgIpc) is 2.88. The predicted molar refractivity (Wildman–Crippen MR) is 85.9 cm³/mol. The smallest absolute Gasteiger partial charge is 0.257 e. The first-order chi connectivity index (χ1) is 10.0. The Hall–Kier alpha value is -2.30. The van der Waals surface area contributed by atoms with Crippen LogP contribution in [-0.2, 0) is 0 Å². The molecule has 112 valence electrons. The van der Waals surface area contributed by atoms with Crippen molar-refractivity contribution in [1.29, 1.82) is 0 Å². The maximum absolute atomic E-state index is 12.4. The molecule has 0 aliphatic rings. The minimum Gasteiger partial charge on any atom is -0.385 e. The average molecular weight is 286 g/mol. The molecule has 2 aromatic rings. The van der Waals surface area contributed by atoms with Crippen LogP contribution in [0, 0.1) is 6.92 Å². The van der Waals surface area contributed by atoms with Gasteiger partial charge in [-0.05, 0) is 45.4 Å².